The summed E-state index contributed by atoms with van der Waals surface area (Å²) >= 11 is 0. The molecule has 0 aliphatic carbocycles. The highest BCUT2D eigenvalue weighted by Gasteiger charge is 2.32. The molecule has 1 atom stereocenters. The molecule has 1 N–H and O–H groups in total. The highest BCUT2D eigenvalue weighted by Crippen LogP contribution is 2.21. The molecule has 4 heteroatoms. The first kappa shape index (κ1) is 17.6. The van der Waals surface area contributed by atoms with Crippen molar-refractivity contribution in [2.45, 2.75) is 18.9 Å². The zero-order chi connectivity index (χ0) is 15.7. The molecule has 0 aliphatic heterocycles. The summed E-state index contributed by atoms with van der Waals surface area (Å²) in [5, 5.41) is 13.0. The highest BCUT2D eigenvalue weighted by atomic mass is 15.2. The third-order valence-electron chi connectivity index (χ3n) is 3.87. The van der Waals surface area contributed by atoms with Crippen LogP contribution in [0.4, 0.5) is 0 Å². The van der Waals surface area contributed by atoms with Crippen molar-refractivity contribution in [1.29, 1.82) is 5.26 Å². The SMILES string of the molecule is CCN(CCCN(C)C)CC(C#N)(NC)c1ccccc1. The molecule has 0 saturated carbocycles. The van der Waals surface area contributed by atoms with Crippen molar-refractivity contribution in [3.63, 3.8) is 0 Å². The molecule has 0 aliphatic rings. The summed E-state index contributed by atoms with van der Waals surface area (Å²) in [7, 11) is 6.05. The van der Waals surface area contributed by atoms with Crippen molar-refractivity contribution in [1.82, 2.24) is 15.1 Å². The Morgan fingerprint density at radius 3 is 2.33 bits per heavy atom. The van der Waals surface area contributed by atoms with Crippen molar-refractivity contribution in [2.24, 2.45) is 0 Å². The maximum atomic E-state index is 9.74. The van der Waals surface area contributed by atoms with E-state index in [2.05, 4.69) is 42.2 Å². The molecule has 4 nitrogen and oxygen atoms in total. The van der Waals surface area contributed by atoms with Gasteiger partial charge in [-0.2, -0.15) is 5.26 Å². The lowest BCUT2D eigenvalue weighted by atomic mass is 9.90. The molecule has 0 aromatic heterocycles. The third-order valence-corrected chi connectivity index (χ3v) is 3.87. The minimum Gasteiger partial charge on any atom is -0.309 e. The first-order valence-electron chi connectivity index (χ1n) is 7.60. The number of hydrogen-bond acceptors (Lipinski definition) is 4. The van der Waals surface area contributed by atoms with E-state index in [-0.39, 0.29) is 0 Å². The zero-order valence-corrected chi connectivity index (χ0v) is 13.8. The van der Waals surface area contributed by atoms with Gasteiger partial charge in [0.1, 0.15) is 5.54 Å². The molecule has 0 radical (unpaired) electrons. The van der Waals surface area contributed by atoms with Gasteiger partial charge in [-0.25, -0.2) is 0 Å². The van der Waals surface area contributed by atoms with Crippen molar-refractivity contribution in [3.8, 4) is 6.07 Å². The summed E-state index contributed by atoms with van der Waals surface area (Å²) in [5.41, 5.74) is 0.385. The van der Waals surface area contributed by atoms with Crippen molar-refractivity contribution in [3.05, 3.63) is 35.9 Å². The summed E-state index contributed by atoms with van der Waals surface area (Å²) in [6.45, 7) is 5.88. The number of benzene rings is 1. The van der Waals surface area contributed by atoms with E-state index < -0.39 is 5.54 Å². The van der Waals surface area contributed by atoms with Gasteiger partial charge < -0.3 is 9.80 Å². The summed E-state index contributed by atoms with van der Waals surface area (Å²) in [6.07, 6.45) is 1.11. The standard InChI is InChI=1S/C17H28N4/c1-5-21(13-9-12-20(3)4)15-17(14-18,19-2)16-10-7-6-8-11-16/h6-8,10-11,19H,5,9,12-13,15H2,1-4H3. The molecule has 1 unspecified atom stereocenters. The second kappa shape index (κ2) is 8.78. The molecule has 0 fully saturated rings. The number of hydrogen-bond donors (Lipinski definition) is 1. The van der Waals surface area contributed by atoms with E-state index in [4.69, 9.17) is 0 Å². The van der Waals surface area contributed by atoms with Crippen LogP contribution in [0.3, 0.4) is 0 Å². The van der Waals surface area contributed by atoms with E-state index in [1.807, 2.05) is 37.4 Å². The van der Waals surface area contributed by atoms with E-state index >= 15 is 0 Å². The lowest BCUT2D eigenvalue weighted by Crippen LogP contribution is -2.49. The maximum Gasteiger partial charge on any atom is 0.144 e. The van der Waals surface area contributed by atoms with E-state index in [1.165, 1.54) is 0 Å². The van der Waals surface area contributed by atoms with E-state index in [9.17, 15) is 5.26 Å². The number of rotatable bonds is 9. The molecule has 0 spiro atoms. The molecule has 0 saturated heterocycles. The fourth-order valence-electron chi connectivity index (χ4n) is 2.49. The van der Waals surface area contributed by atoms with Gasteiger partial charge >= 0.3 is 0 Å². The molecule has 1 rings (SSSR count). The van der Waals surface area contributed by atoms with Gasteiger partial charge in [-0.3, -0.25) is 5.32 Å². The Labute approximate surface area is 129 Å². The van der Waals surface area contributed by atoms with Crippen molar-refractivity contribution in [2.75, 3.05) is 47.3 Å². The molecule has 0 amide bonds. The molecule has 0 heterocycles. The molecular weight excluding hydrogens is 260 g/mol. The average Bonchev–Trinajstić information content (AvgIpc) is 2.51. The summed E-state index contributed by atoms with van der Waals surface area (Å²) in [5.74, 6) is 0. The molecule has 116 valence electrons. The van der Waals surface area contributed by atoms with E-state index in [0.717, 1.165) is 31.6 Å². The molecule has 1 aromatic carbocycles. The average molecular weight is 288 g/mol. The van der Waals surface area contributed by atoms with Gasteiger partial charge in [0.25, 0.3) is 0 Å². The molecular formula is C17H28N4. The smallest absolute Gasteiger partial charge is 0.144 e. The van der Waals surface area contributed by atoms with E-state index in [0.29, 0.717) is 6.54 Å². The number of nitriles is 1. The predicted molar refractivity (Wildman–Crippen MR) is 88.1 cm³/mol. The second-order valence-electron chi connectivity index (χ2n) is 5.66. The maximum absolute atomic E-state index is 9.74. The minimum absolute atomic E-state index is 0.643. The molecule has 1 aromatic rings. The Morgan fingerprint density at radius 2 is 1.86 bits per heavy atom. The second-order valence-corrected chi connectivity index (χ2v) is 5.66. The van der Waals surface area contributed by atoms with Crippen LogP contribution in [-0.2, 0) is 5.54 Å². The normalized spacial score (nSPS) is 14.1. The fraction of sp³-hybridized carbons (Fsp3) is 0.588. The summed E-state index contributed by atoms with van der Waals surface area (Å²) in [4.78, 5) is 4.54. The quantitative estimate of drug-likeness (QED) is 0.753. The predicted octanol–water partition coefficient (Wildman–Crippen LogP) is 1.90. The molecule has 21 heavy (non-hydrogen) atoms. The van der Waals surface area contributed by atoms with Crippen LogP contribution in [0.25, 0.3) is 0 Å². The van der Waals surface area contributed by atoms with Crippen LogP contribution in [0.2, 0.25) is 0 Å². The van der Waals surface area contributed by atoms with Crippen LogP contribution in [-0.4, -0.2) is 57.1 Å². The Balaban J connectivity index is 2.79. The van der Waals surface area contributed by atoms with Gasteiger partial charge in [0.15, 0.2) is 0 Å². The largest absolute Gasteiger partial charge is 0.309 e. The number of nitrogens with one attached hydrogen (secondary N) is 1. The lowest BCUT2D eigenvalue weighted by Gasteiger charge is -2.33. The summed E-state index contributed by atoms with van der Waals surface area (Å²) in [6, 6.07) is 12.5. The zero-order valence-electron chi connectivity index (χ0n) is 13.8. The van der Waals surface area contributed by atoms with Gasteiger partial charge in [0.2, 0.25) is 0 Å². The van der Waals surface area contributed by atoms with Crippen LogP contribution >= 0.6 is 0 Å². The fourth-order valence-corrected chi connectivity index (χ4v) is 2.49. The monoisotopic (exact) mass is 288 g/mol. The Hall–Kier alpha value is -1.41. The van der Waals surface area contributed by atoms with Gasteiger partial charge in [-0.05, 0) is 52.8 Å². The number of nitrogens with zero attached hydrogens (tertiary/aromatic N) is 3. The topological polar surface area (TPSA) is 42.3 Å². The van der Waals surface area contributed by atoms with Crippen molar-refractivity contribution < 1.29 is 0 Å². The van der Waals surface area contributed by atoms with Gasteiger partial charge in [-0.15, -0.1) is 0 Å². The Bertz CT molecular complexity index is 438. The van der Waals surface area contributed by atoms with Crippen LogP contribution in [0.15, 0.2) is 30.3 Å². The third kappa shape index (κ3) is 5.13. The highest BCUT2D eigenvalue weighted by molar-refractivity contribution is 5.31. The Morgan fingerprint density at radius 1 is 1.19 bits per heavy atom. The van der Waals surface area contributed by atoms with Gasteiger partial charge in [0.05, 0.1) is 6.07 Å². The van der Waals surface area contributed by atoms with Crippen LogP contribution in [0.1, 0.15) is 18.9 Å². The van der Waals surface area contributed by atoms with Gasteiger partial charge in [-0.1, -0.05) is 37.3 Å². The minimum atomic E-state index is -0.643. The number of likely N-dealkylation sites (N-methyl/N-ethyl adjacent to an activating group) is 2. The van der Waals surface area contributed by atoms with Crippen molar-refractivity contribution >= 4 is 0 Å². The first-order chi connectivity index (χ1) is 10.1. The first-order valence-corrected chi connectivity index (χ1v) is 7.60. The van der Waals surface area contributed by atoms with E-state index in [1.54, 1.807) is 0 Å². The van der Waals surface area contributed by atoms with Crippen LogP contribution in [0, 0.1) is 11.3 Å². The molecule has 0 bridgehead atoms. The van der Waals surface area contributed by atoms with Crippen LogP contribution < -0.4 is 5.32 Å². The summed E-state index contributed by atoms with van der Waals surface area (Å²) < 4.78 is 0. The van der Waals surface area contributed by atoms with Crippen LogP contribution in [0.5, 0.6) is 0 Å². The van der Waals surface area contributed by atoms with Gasteiger partial charge in [0, 0.05) is 6.54 Å². The lowest BCUT2D eigenvalue weighted by molar-refractivity contribution is 0.216. The Kier molecular flexibility index (Phi) is 7.38.